The Bertz CT molecular complexity index is 465. The first kappa shape index (κ1) is 14.3. The molecule has 0 radical (unpaired) electrons. The van der Waals surface area contributed by atoms with Gasteiger partial charge < -0.3 is 15.7 Å². The van der Waals surface area contributed by atoms with Gasteiger partial charge in [-0.25, -0.2) is 0 Å². The third-order valence-corrected chi connectivity index (χ3v) is 4.07. The Kier molecular flexibility index (Phi) is 4.82. The van der Waals surface area contributed by atoms with Gasteiger partial charge >= 0.3 is 0 Å². The summed E-state index contributed by atoms with van der Waals surface area (Å²) in [4.78, 5) is 14.4. The molecule has 1 saturated heterocycles. The van der Waals surface area contributed by atoms with Crippen LogP contribution >= 0.6 is 15.9 Å². The summed E-state index contributed by atoms with van der Waals surface area (Å²) in [5.41, 5.74) is 6.99. The highest BCUT2D eigenvalue weighted by molar-refractivity contribution is 9.10. The van der Waals surface area contributed by atoms with Crippen molar-refractivity contribution in [2.45, 2.75) is 31.7 Å². The lowest BCUT2D eigenvalue weighted by atomic mass is 10.1. The van der Waals surface area contributed by atoms with E-state index in [4.69, 9.17) is 10.8 Å². The minimum atomic E-state index is 0.00504. The lowest BCUT2D eigenvalue weighted by Gasteiger charge is -2.25. The number of anilines is 1. The molecule has 1 aromatic rings. The van der Waals surface area contributed by atoms with E-state index in [2.05, 4.69) is 15.9 Å². The van der Waals surface area contributed by atoms with Crippen molar-refractivity contribution in [2.24, 2.45) is 0 Å². The van der Waals surface area contributed by atoms with Gasteiger partial charge in [-0.05, 0) is 43.9 Å². The monoisotopic (exact) mass is 326 g/mol. The van der Waals surface area contributed by atoms with E-state index < -0.39 is 0 Å². The molecule has 104 valence electrons. The number of nitrogen functional groups attached to an aromatic ring is 1. The molecule has 1 fully saturated rings. The Morgan fingerprint density at radius 3 is 3.00 bits per heavy atom. The fourth-order valence-electron chi connectivity index (χ4n) is 2.61. The molecule has 1 heterocycles. The van der Waals surface area contributed by atoms with Gasteiger partial charge in [0.05, 0.1) is 5.56 Å². The Labute approximate surface area is 121 Å². The Hall–Kier alpha value is -1.07. The number of hydrogen-bond donors (Lipinski definition) is 2. The second kappa shape index (κ2) is 6.39. The van der Waals surface area contributed by atoms with Crippen molar-refractivity contribution in [1.29, 1.82) is 0 Å². The molecule has 1 amide bonds. The number of benzene rings is 1. The maximum absolute atomic E-state index is 12.5. The van der Waals surface area contributed by atoms with Gasteiger partial charge in [-0.3, -0.25) is 4.79 Å². The SMILES string of the molecule is Nc1cc(Br)ccc1C(=O)N1CCCC1CCCO. The van der Waals surface area contributed by atoms with Crippen LogP contribution in [0.15, 0.2) is 22.7 Å². The number of nitrogens with zero attached hydrogens (tertiary/aromatic N) is 1. The minimum absolute atomic E-state index is 0.00504. The van der Waals surface area contributed by atoms with Crippen LogP contribution in [0, 0.1) is 0 Å². The highest BCUT2D eigenvalue weighted by Crippen LogP contribution is 2.26. The van der Waals surface area contributed by atoms with Gasteiger partial charge in [0, 0.05) is 29.4 Å². The largest absolute Gasteiger partial charge is 0.398 e. The van der Waals surface area contributed by atoms with Crippen LogP contribution in [-0.2, 0) is 0 Å². The number of carbonyl (C=O) groups is 1. The molecule has 1 aliphatic heterocycles. The van der Waals surface area contributed by atoms with Crippen LogP contribution in [0.5, 0.6) is 0 Å². The summed E-state index contributed by atoms with van der Waals surface area (Å²) in [7, 11) is 0. The van der Waals surface area contributed by atoms with E-state index in [1.807, 2.05) is 11.0 Å². The minimum Gasteiger partial charge on any atom is -0.398 e. The van der Waals surface area contributed by atoms with Gasteiger partial charge in [0.25, 0.3) is 5.91 Å². The van der Waals surface area contributed by atoms with Crippen LogP contribution in [0.3, 0.4) is 0 Å². The summed E-state index contributed by atoms with van der Waals surface area (Å²) in [5, 5.41) is 8.91. The molecule has 2 rings (SSSR count). The summed E-state index contributed by atoms with van der Waals surface area (Å²) in [6.07, 6.45) is 3.64. The summed E-state index contributed by atoms with van der Waals surface area (Å²) in [6.45, 7) is 0.962. The van der Waals surface area contributed by atoms with E-state index in [0.717, 1.165) is 36.7 Å². The summed E-state index contributed by atoms with van der Waals surface area (Å²) >= 11 is 3.34. The van der Waals surface area contributed by atoms with Crippen molar-refractivity contribution in [3.8, 4) is 0 Å². The van der Waals surface area contributed by atoms with Crippen LogP contribution in [-0.4, -0.2) is 35.1 Å². The molecule has 4 nitrogen and oxygen atoms in total. The van der Waals surface area contributed by atoms with E-state index in [-0.39, 0.29) is 18.6 Å². The van der Waals surface area contributed by atoms with Crippen LogP contribution in [0.4, 0.5) is 5.69 Å². The fraction of sp³-hybridized carbons (Fsp3) is 0.500. The molecule has 1 aromatic carbocycles. The zero-order chi connectivity index (χ0) is 13.8. The van der Waals surface area contributed by atoms with E-state index in [1.165, 1.54) is 0 Å². The molecular formula is C14H19BrN2O2. The Balaban J connectivity index is 2.13. The van der Waals surface area contributed by atoms with Crippen LogP contribution < -0.4 is 5.73 Å². The van der Waals surface area contributed by atoms with Crippen molar-refractivity contribution in [1.82, 2.24) is 4.90 Å². The molecule has 0 aromatic heterocycles. The zero-order valence-corrected chi connectivity index (χ0v) is 12.4. The van der Waals surface area contributed by atoms with Crippen molar-refractivity contribution in [3.63, 3.8) is 0 Å². The van der Waals surface area contributed by atoms with Gasteiger partial charge in [0.15, 0.2) is 0 Å². The zero-order valence-electron chi connectivity index (χ0n) is 10.8. The number of carbonyl (C=O) groups excluding carboxylic acids is 1. The van der Waals surface area contributed by atoms with E-state index in [1.54, 1.807) is 12.1 Å². The van der Waals surface area contributed by atoms with Gasteiger partial charge in [-0.2, -0.15) is 0 Å². The first-order valence-electron chi connectivity index (χ1n) is 6.60. The number of aliphatic hydroxyl groups excluding tert-OH is 1. The summed E-state index contributed by atoms with van der Waals surface area (Å²) in [6, 6.07) is 5.60. The average molecular weight is 327 g/mol. The van der Waals surface area contributed by atoms with E-state index >= 15 is 0 Å². The van der Waals surface area contributed by atoms with Crippen molar-refractivity contribution in [2.75, 3.05) is 18.9 Å². The molecule has 1 atom stereocenters. The molecule has 5 heteroatoms. The smallest absolute Gasteiger partial charge is 0.256 e. The lowest BCUT2D eigenvalue weighted by Crippen LogP contribution is -2.36. The van der Waals surface area contributed by atoms with Gasteiger partial charge in [-0.1, -0.05) is 15.9 Å². The predicted octanol–water partition coefficient (Wildman–Crippen LogP) is 2.41. The normalized spacial score (nSPS) is 18.8. The number of nitrogens with two attached hydrogens (primary N) is 1. The molecule has 19 heavy (non-hydrogen) atoms. The molecule has 0 aliphatic carbocycles. The van der Waals surface area contributed by atoms with Gasteiger partial charge in [0.2, 0.25) is 0 Å². The number of aliphatic hydroxyl groups is 1. The highest BCUT2D eigenvalue weighted by atomic mass is 79.9. The fourth-order valence-corrected chi connectivity index (χ4v) is 2.99. The molecule has 1 unspecified atom stereocenters. The average Bonchev–Trinajstić information content (AvgIpc) is 2.83. The molecular weight excluding hydrogens is 308 g/mol. The number of likely N-dealkylation sites (tertiary alicyclic amines) is 1. The van der Waals surface area contributed by atoms with Gasteiger partial charge in [0.1, 0.15) is 0 Å². The van der Waals surface area contributed by atoms with Crippen molar-refractivity contribution < 1.29 is 9.90 Å². The number of hydrogen-bond acceptors (Lipinski definition) is 3. The molecule has 0 bridgehead atoms. The van der Waals surface area contributed by atoms with Crippen LogP contribution in [0.2, 0.25) is 0 Å². The standard InChI is InChI=1S/C14H19BrN2O2/c15-10-5-6-12(13(16)9-10)14(19)17-7-1-3-11(17)4-2-8-18/h5-6,9,11,18H,1-4,7-8,16H2. The van der Waals surface area contributed by atoms with Crippen molar-refractivity contribution >= 4 is 27.5 Å². The quantitative estimate of drug-likeness (QED) is 0.835. The highest BCUT2D eigenvalue weighted by Gasteiger charge is 2.29. The second-order valence-electron chi connectivity index (χ2n) is 4.89. The summed E-state index contributed by atoms with van der Waals surface area (Å²) < 4.78 is 0.875. The number of halogens is 1. The number of amides is 1. The lowest BCUT2D eigenvalue weighted by molar-refractivity contribution is 0.0725. The van der Waals surface area contributed by atoms with Crippen LogP contribution in [0.25, 0.3) is 0 Å². The first-order valence-corrected chi connectivity index (χ1v) is 7.39. The maximum Gasteiger partial charge on any atom is 0.256 e. The third kappa shape index (κ3) is 3.28. The third-order valence-electron chi connectivity index (χ3n) is 3.58. The van der Waals surface area contributed by atoms with E-state index in [0.29, 0.717) is 11.3 Å². The molecule has 0 spiro atoms. The molecule has 1 aliphatic rings. The Morgan fingerprint density at radius 1 is 1.53 bits per heavy atom. The van der Waals surface area contributed by atoms with Crippen molar-refractivity contribution in [3.05, 3.63) is 28.2 Å². The summed E-state index contributed by atoms with van der Waals surface area (Å²) in [5.74, 6) is 0.00504. The maximum atomic E-state index is 12.5. The molecule has 0 saturated carbocycles. The Morgan fingerprint density at radius 2 is 2.32 bits per heavy atom. The topological polar surface area (TPSA) is 66.6 Å². The van der Waals surface area contributed by atoms with Crippen LogP contribution in [0.1, 0.15) is 36.0 Å². The first-order chi connectivity index (χ1) is 9.13. The van der Waals surface area contributed by atoms with Gasteiger partial charge in [-0.15, -0.1) is 0 Å². The second-order valence-corrected chi connectivity index (χ2v) is 5.81. The molecule has 3 N–H and O–H groups in total. The number of rotatable bonds is 4. The van der Waals surface area contributed by atoms with E-state index in [9.17, 15) is 4.79 Å². The predicted molar refractivity (Wildman–Crippen MR) is 78.9 cm³/mol.